The van der Waals surface area contributed by atoms with Crippen LogP contribution in [0.4, 0.5) is 0 Å². The van der Waals surface area contributed by atoms with Crippen LogP contribution < -0.4 is 0 Å². The number of carbonyl (C=O) groups excluding carboxylic acids is 1. The Balaban J connectivity index is 1.26. The molecule has 2 aromatic heterocycles. The molecule has 0 radical (unpaired) electrons. The monoisotopic (exact) mass is 368 g/mol. The summed E-state index contributed by atoms with van der Waals surface area (Å²) in [5.74, 6) is -0.180. The third kappa shape index (κ3) is 3.86. The molecule has 0 fully saturated rings. The molecule has 0 aliphatic heterocycles. The van der Waals surface area contributed by atoms with Gasteiger partial charge in [0.05, 0.1) is 25.4 Å². The standard InChI is InChI=1S/C19H16N2O2S2/c22-19(23-12-18-21-14-7-2-4-9-16(14)25-18)11-5-10-17-20-13-6-1-3-8-15(13)24-17/h1-4,6-9H,5,10-12H2. The Kier molecular flexibility index (Phi) is 4.72. The largest absolute Gasteiger partial charge is 0.458 e. The number of fused-ring (bicyclic) bond motifs is 2. The number of aryl methyl sites for hydroxylation is 1. The summed E-state index contributed by atoms with van der Waals surface area (Å²) >= 11 is 3.26. The van der Waals surface area contributed by atoms with Crippen LogP contribution in [0.2, 0.25) is 0 Å². The van der Waals surface area contributed by atoms with E-state index in [1.54, 1.807) is 22.7 Å². The van der Waals surface area contributed by atoms with Crippen LogP contribution in [0.25, 0.3) is 20.4 Å². The maximum Gasteiger partial charge on any atom is 0.306 e. The van der Waals surface area contributed by atoms with Crippen LogP contribution in [0.15, 0.2) is 48.5 Å². The lowest BCUT2D eigenvalue weighted by Gasteiger charge is -2.01. The highest BCUT2D eigenvalue weighted by Gasteiger charge is 2.09. The predicted octanol–water partition coefficient (Wildman–Crippen LogP) is 4.97. The summed E-state index contributed by atoms with van der Waals surface area (Å²) in [5, 5.41) is 1.90. The van der Waals surface area contributed by atoms with E-state index in [9.17, 15) is 4.79 Å². The van der Waals surface area contributed by atoms with Crippen molar-refractivity contribution in [3.05, 3.63) is 58.5 Å². The van der Waals surface area contributed by atoms with Crippen molar-refractivity contribution in [2.45, 2.75) is 25.9 Å². The van der Waals surface area contributed by atoms with Crippen molar-refractivity contribution in [3.63, 3.8) is 0 Å². The van der Waals surface area contributed by atoms with Crippen molar-refractivity contribution < 1.29 is 9.53 Å². The Labute approximate surface area is 153 Å². The molecule has 0 aliphatic rings. The number of ether oxygens (including phenoxy) is 1. The highest BCUT2D eigenvalue weighted by atomic mass is 32.1. The molecule has 0 unspecified atom stereocenters. The van der Waals surface area contributed by atoms with Crippen LogP contribution in [0.3, 0.4) is 0 Å². The first-order chi connectivity index (χ1) is 12.3. The molecule has 25 heavy (non-hydrogen) atoms. The predicted molar refractivity (Wildman–Crippen MR) is 102 cm³/mol. The molecular formula is C19H16N2O2S2. The molecule has 0 saturated heterocycles. The maximum atomic E-state index is 11.9. The summed E-state index contributed by atoms with van der Waals surface area (Å²) in [7, 11) is 0. The SMILES string of the molecule is O=C(CCCc1nc2ccccc2s1)OCc1nc2ccccc2s1. The second kappa shape index (κ2) is 7.29. The van der Waals surface area contributed by atoms with Crippen molar-refractivity contribution in [3.8, 4) is 0 Å². The third-order valence-corrected chi connectivity index (χ3v) is 5.91. The second-order valence-corrected chi connectivity index (χ2v) is 7.90. The normalized spacial score (nSPS) is 11.2. The highest BCUT2D eigenvalue weighted by Crippen LogP contribution is 2.23. The number of benzene rings is 2. The number of hydrogen-bond acceptors (Lipinski definition) is 6. The van der Waals surface area contributed by atoms with E-state index in [-0.39, 0.29) is 12.6 Å². The first-order valence-electron chi connectivity index (χ1n) is 8.12. The minimum Gasteiger partial charge on any atom is -0.458 e. The molecule has 0 amide bonds. The van der Waals surface area contributed by atoms with Gasteiger partial charge in [-0.15, -0.1) is 22.7 Å². The highest BCUT2D eigenvalue weighted by molar-refractivity contribution is 7.18. The molecular weight excluding hydrogens is 352 g/mol. The van der Waals surface area contributed by atoms with Crippen molar-refractivity contribution in [2.24, 2.45) is 0 Å². The van der Waals surface area contributed by atoms with Crippen molar-refractivity contribution in [2.75, 3.05) is 0 Å². The van der Waals surface area contributed by atoms with Gasteiger partial charge in [-0.05, 0) is 37.1 Å². The first-order valence-corrected chi connectivity index (χ1v) is 9.76. The van der Waals surface area contributed by atoms with Gasteiger partial charge in [-0.25, -0.2) is 9.97 Å². The van der Waals surface area contributed by atoms with Gasteiger partial charge in [-0.2, -0.15) is 0 Å². The summed E-state index contributed by atoms with van der Waals surface area (Å²) < 4.78 is 7.65. The molecule has 2 heterocycles. The Morgan fingerprint density at radius 1 is 0.880 bits per heavy atom. The lowest BCUT2D eigenvalue weighted by molar-refractivity contribution is -0.145. The lowest BCUT2D eigenvalue weighted by Crippen LogP contribution is -2.04. The van der Waals surface area contributed by atoms with Gasteiger partial charge >= 0.3 is 5.97 Å². The van der Waals surface area contributed by atoms with Gasteiger partial charge in [0.25, 0.3) is 0 Å². The number of carbonyl (C=O) groups is 1. The van der Waals surface area contributed by atoms with Crippen LogP contribution in [-0.2, 0) is 22.6 Å². The van der Waals surface area contributed by atoms with Gasteiger partial charge in [-0.1, -0.05) is 24.3 Å². The van der Waals surface area contributed by atoms with Crippen molar-refractivity contribution in [1.82, 2.24) is 9.97 Å². The topological polar surface area (TPSA) is 52.1 Å². The van der Waals surface area contributed by atoms with Gasteiger partial charge in [0.15, 0.2) is 0 Å². The van der Waals surface area contributed by atoms with Crippen LogP contribution >= 0.6 is 22.7 Å². The van der Waals surface area contributed by atoms with E-state index in [1.165, 1.54) is 4.70 Å². The fraction of sp³-hybridized carbons (Fsp3) is 0.211. The first kappa shape index (κ1) is 16.2. The van der Waals surface area contributed by atoms with Gasteiger partial charge in [0.1, 0.15) is 11.6 Å². The number of hydrogen-bond donors (Lipinski definition) is 0. The average molecular weight is 368 g/mol. The summed E-state index contributed by atoms with van der Waals surface area (Å²) in [6.07, 6.45) is 1.95. The quantitative estimate of drug-likeness (QED) is 0.451. The van der Waals surface area contributed by atoms with E-state index in [2.05, 4.69) is 16.0 Å². The molecule has 4 rings (SSSR count). The van der Waals surface area contributed by atoms with Crippen molar-refractivity contribution in [1.29, 1.82) is 0 Å². The summed E-state index contributed by atoms with van der Waals surface area (Å²) in [4.78, 5) is 21.0. The smallest absolute Gasteiger partial charge is 0.306 e. The van der Waals surface area contributed by atoms with Gasteiger partial charge < -0.3 is 4.74 Å². The zero-order valence-electron chi connectivity index (χ0n) is 13.5. The molecule has 2 aromatic carbocycles. The summed E-state index contributed by atoms with van der Waals surface area (Å²) in [5.41, 5.74) is 1.98. The minimum atomic E-state index is -0.180. The van der Waals surface area contributed by atoms with E-state index >= 15 is 0 Å². The number of thiazole rings is 2. The fourth-order valence-corrected chi connectivity index (χ4v) is 4.50. The number of rotatable bonds is 6. The Morgan fingerprint density at radius 2 is 1.48 bits per heavy atom. The Hall–Kier alpha value is -2.31. The van der Waals surface area contributed by atoms with E-state index in [0.717, 1.165) is 38.6 Å². The molecule has 0 spiro atoms. The lowest BCUT2D eigenvalue weighted by atomic mass is 10.2. The number of para-hydroxylation sites is 2. The molecule has 0 aliphatic carbocycles. The van der Waals surface area contributed by atoms with Crippen LogP contribution in [0, 0.1) is 0 Å². The fourth-order valence-electron chi connectivity index (χ4n) is 2.61. The number of aromatic nitrogens is 2. The van der Waals surface area contributed by atoms with Crippen LogP contribution in [0.1, 0.15) is 22.9 Å². The Morgan fingerprint density at radius 3 is 2.16 bits per heavy atom. The molecule has 0 N–H and O–H groups in total. The van der Waals surface area contributed by atoms with Crippen molar-refractivity contribution >= 4 is 49.1 Å². The second-order valence-electron chi connectivity index (χ2n) is 5.66. The summed E-state index contributed by atoms with van der Waals surface area (Å²) in [6.45, 7) is 0.249. The zero-order valence-corrected chi connectivity index (χ0v) is 15.1. The number of esters is 1. The van der Waals surface area contributed by atoms with Crippen LogP contribution in [-0.4, -0.2) is 15.9 Å². The van der Waals surface area contributed by atoms with E-state index in [4.69, 9.17) is 4.74 Å². The molecule has 4 nitrogen and oxygen atoms in total. The molecule has 0 saturated carbocycles. The van der Waals surface area contributed by atoms with Gasteiger partial charge in [-0.3, -0.25) is 4.79 Å². The summed E-state index contributed by atoms with van der Waals surface area (Å²) in [6, 6.07) is 16.0. The average Bonchev–Trinajstić information content (AvgIpc) is 3.23. The maximum absolute atomic E-state index is 11.9. The molecule has 0 atom stereocenters. The molecule has 6 heteroatoms. The molecule has 0 bridgehead atoms. The molecule has 126 valence electrons. The Bertz CT molecular complexity index is 956. The minimum absolute atomic E-state index is 0.180. The van der Waals surface area contributed by atoms with E-state index < -0.39 is 0 Å². The zero-order chi connectivity index (χ0) is 17.1. The van der Waals surface area contributed by atoms with E-state index in [0.29, 0.717) is 6.42 Å². The van der Waals surface area contributed by atoms with Gasteiger partial charge in [0, 0.05) is 6.42 Å². The number of nitrogens with zero attached hydrogens (tertiary/aromatic N) is 2. The third-order valence-electron chi connectivity index (χ3n) is 3.80. The van der Waals surface area contributed by atoms with E-state index in [1.807, 2.05) is 42.5 Å². The van der Waals surface area contributed by atoms with Crippen LogP contribution in [0.5, 0.6) is 0 Å². The van der Waals surface area contributed by atoms with Gasteiger partial charge in [0.2, 0.25) is 0 Å². The molecule has 4 aromatic rings.